The van der Waals surface area contributed by atoms with Gasteiger partial charge < -0.3 is 9.84 Å². The van der Waals surface area contributed by atoms with E-state index in [0.717, 1.165) is 22.2 Å². The number of rotatable bonds is 4. The highest BCUT2D eigenvalue weighted by Crippen LogP contribution is 2.43. The molecule has 0 bridgehead atoms. The molecule has 0 aliphatic rings. The lowest BCUT2D eigenvalue weighted by Gasteiger charge is -2.28. The normalized spacial score (nSPS) is 12.9. The number of aliphatic carboxylic acids is 1. The van der Waals surface area contributed by atoms with Crippen molar-refractivity contribution in [3.05, 3.63) is 63.3 Å². The molecule has 0 unspecified atom stereocenters. The molecule has 1 aromatic heterocycles. The highest BCUT2D eigenvalue weighted by atomic mass is 35.5. The lowest BCUT2D eigenvalue weighted by Crippen LogP contribution is -2.28. The second kappa shape index (κ2) is 7.94. The van der Waals surface area contributed by atoms with E-state index >= 15 is 0 Å². The molecule has 0 amide bonds. The summed E-state index contributed by atoms with van der Waals surface area (Å²) in [6.07, 6.45) is -1.16. The second-order valence-electron chi connectivity index (χ2n) is 8.07. The third-order valence-corrected chi connectivity index (χ3v) is 5.09. The van der Waals surface area contributed by atoms with Crippen LogP contribution in [0.3, 0.4) is 0 Å². The molecule has 29 heavy (non-hydrogen) atoms. The number of pyridine rings is 1. The molecule has 0 spiro atoms. The molecule has 0 aliphatic carbocycles. The van der Waals surface area contributed by atoms with E-state index in [-0.39, 0.29) is 0 Å². The molecular weight excluding hydrogens is 409 g/mol. The molecule has 2 aromatic carbocycles. The van der Waals surface area contributed by atoms with Gasteiger partial charge in [0.1, 0.15) is 0 Å². The van der Waals surface area contributed by atoms with E-state index < -0.39 is 17.7 Å². The highest BCUT2D eigenvalue weighted by Gasteiger charge is 2.32. The van der Waals surface area contributed by atoms with E-state index in [0.29, 0.717) is 26.7 Å². The predicted molar refractivity (Wildman–Crippen MR) is 118 cm³/mol. The average Bonchev–Trinajstić information content (AvgIpc) is 2.58. The summed E-state index contributed by atoms with van der Waals surface area (Å²) >= 11 is 12.6. The van der Waals surface area contributed by atoms with Crippen molar-refractivity contribution in [2.24, 2.45) is 0 Å². The third-order valence-electron chi connectivity index (χ3n) is 4.54. The molecule has 0 aliphatic heterocycles. The summed E-state index contributed by atoms with van der Waals surface area (Å²) in [6.45, 7) is 9.28. The summed E-state index contributed by atoms with van der Waals surface area (Å²) in [6, 6.07) is 10.9. The van der Waals surface area contributed by atoms with Gasteiger partial charge in [0.25, 0.3) is 0 Å². The number of hydrogen-bond donors (Lipinski definition) is 1. The van der Waals surface area contributed by atoms with Crippen molar-refractivity contribution in [1.82, 2.24) is 4.98 Å². The van der Waals surface area contributed by atoms with Gasteiger partial charge in [-0.05, 0) is 70.0 Å². The third kappa shape index (κ3) is 4.55. The lowest BCUT2D eigenvalue weighted by molar-refractivity contribution is -0.160. The van der Waals surface area contributed by atoms with Crippen molar-refractivity contribution in [2.75, 3.05) is 0 Å². The van der Waals surface area contributed by atoms with Gasteiger partial charge >= 0.3 is 5.97 Å². The minimum Gasteiger partial charge on any atom is -0.479 e. The van der Waals surface area contributed by atoms with Crippen LogP contribution in [-0.4, -0.2) is 21.7 Å². The standard InChI is InChI=1S/C23H23Cl2NO3/c1-12-10-18-16(8-6-13(2)26-18)20(15-9-7-14(24)11-17(15)25)19(12)21(22(27)28)29-23(3,4)5/h6-11,21H,1-5H3,(H,27,28)/t21-/m0/s1. The van der Waals surface area contributed by atoms with Gasteiger partial charge in [0.05, 0.1) is 11.1 Å². The van der Waals surface area contributed by atoms with Crippen molar-refractivity contribution >= 4 is 40.1 Å². The number of hydrogen-bond acceptors (Lipinski definition) is 3. The zero-order valence-corrected chi connectivity index (χ0v) is 18.5. The Bertz CT molecular complexity index is 1100. The quantitative estimate of drug-likeness (QED) is 0.495. The van der Waals surface area contributed by atoms with Crippen LogP contribution in [-0.2, 0) is 9.53 Å². The van der Waals surface area contributed by atoms with E-state index in [9.17, 15) is 9.90 Å². The van der Waals surface area contributed by atoms with Gasteiger partial charge in [-0.2, -0.15) is 0 Å². The molecule has 0 fully saturated rings. The van der Waals surface area contributed by atoms with Gasteiger partial charge in [0, 0.05) is 32.3 Å². The Morgan fingerprint density at radius 1 is 1.10 bits per heavy atom. The Morgan fingerprint density at radius 2 is 1.79 bits per heavy atom. The maximum absolute atomic E-state index is 12.2. The van der Waals surface area contributed by atoms with Crippen LogP contribution in [0.15, 0.2) is 36.4 Å². The topological polar surface area (TPSA) is 59.4 Å². The summed E-state index contributed by atoms with van der Waals surface area (Å²) in [5.74, 6) is -1.06. The number of fused-ring (bicyclic) bond motifs is 1. The second-order valence-corrected chi connectivity index (χ2v) is 8.92. The van der Waals surface area contributed by atoms with Crippen LogP contribution in [0, 0.1) is 13.8 Å². The molecule has 4 nitrogen and oxygen atoms in total. The van der Waals surface area contributed by atoms with Crippen molar-refractivity contribution in [3.8, 4) is 11.1 Å². The van der Waals surface area contributed by atoms with Gasteiger partial charge in [0.2, 0.25) is 0 Å². The van der Waals surface area contributed by atoms with E-state index in [1.807, 2.05) is 52.8 Å². The molecule has 1 heterocycles. The fourth-order valence-corrected chi connectivity index (χ4v) is 3.93. The Hall–Kier alpha value is -2.14. The number of carbonyl (C=O) groups is 1. The Labute approximate surface area is 180 Å². The molecule has 6 heteroatoms. The number of ether oxygens (including phenoxy) is 1. The zero-order chi connectivity index (χ0) is 21.5. The molecule has 0 radical (unpaired) electrons. The number of nitrogens with zero attached hydrogens (tertiary/aromatic N) is 1. The van der Waals surface area contributed by atoms with E-state index in [2.05, 4.69) is 4.98 Å². The molecular formula is C23H23Cl2NO3. The van der Waals surface area contributed by atoms with Crippen LogP contribution in [0.1, 0.15) is 43.7 Å². The summed E-state index contributed by atoms with van der Waals surface area (Å²) < 4.78 is 5.98. The summed E-state index contributed by atoms with van der Waals surface area (Å²) in [5.41, 5.74) is 3.71. The first-order chi connectivity index (χ1) is 13.5. The first kappa shape index (κ1) is 21.6. The Kier molecular flexibility index (Phi) is 5.91. The summed E-state index contributed by atoms with van der Waals surface area (Å²) in [4.78, 5) is 16.9. The SMILES string of the molecule is Cc1ccc2c(-c3ccc(Cl)cc3Cl)c([C@H](OC(C)(C)C)C(=O)O)c(C)cc2n1. The lowest BCUT2D eigenvalue weighted by atomic mass is 9.88. The monoisotopic (exact) mass is 431 g/mol. The predicted octanol–water partition coefficient (Wildman–Crippen LogP) is 6.77. The summed E-state index contributed by atoms with van der Waals surface area (Å²) in [7, 11) is 0. The fraction of sp³-hybridized carbons (Fsp3) is 0.304. The molecule has 0 saturated heterocycles. The van der Waals surface area contributed by atoms with Crippen LogP contribution in [0.4, 0.5) is 0 Å². The van der Waals surface area contributed by atoms with E-state index in [1.165, 1.54) is 0 Å². The number of aromatic nitrogens is 1. The van der Waals surface area contributed by atoms with Crippen LogP contribution in [0.2, 0.25) is 10.0 Å². The van der Waals surface area contributed by atoms with Crippen molar-refractivity contribution in [3.63, 3.8) is 0 Å². The van der Waals surface area contributed by atoms with Crippen LogP contribution >= 0.6 is 23.2 Å². The van der Waals surface area contributed by atoms with Gasteiger partial charge in [0.15, 0.2) is 6.10 Å². The number of aryl methyl sites for hydroxylation is 2. The van der Waals surface area contributed by atoms with E-state index in [1.54, 1.807) is 18.2 Å². The minimum absolute atomic E-state index is 0.436. The average molecular weight is 432 g/mol. The number of carboxylic acids is 1. The van der Waals surface area contributed by atoms with Crippen molar-refractivity contribution in [2.45, 2.75) is 46.3 Å². The van der Waals surface area contributed by atoms with Crippen LogP contribution in [0.25, 0.3) is 22.0 Å². The molecule has 3 rings (SSSR count). The number of benzene rings is 2. The van der Waals surface area contributed by atoms with Gasteiger partial charge in [-0.25, -0.2) is 4.79 Å². The maximum Gasteiger partial charge on any atom is 0.337 e. The first-order valence-corrected chi connectivity index (χ1v) is 10.0. The minimum atomic E-state index is -1.16. The van der Waals surface area contributed by atoms with E-state index in [4.69, 9.17) is 27.9 Å². The van der Waals surface area contributed by atoms with Crippen LogP contribution in [0.5, 0.6) is 0 Å². The molecule has 1 N–H and O–H groups in total. The molecule has 3 aromatic rings. The zero-order valence-electron chi connectivity index (χ0n) is 17.0. The Morgan fingerprint density at radius 3 is 2.38 bits per heavy atom. The highest BCUT2D eigenvalue weighted by molar-refractivity contribution is 6.36. The molecule has 0 saturated carbocycles. The summed E-state index contributed by atoms with van der Waals surface area (Å²) in [5, 5.41) is 11.8. The largest absolute Gasteiger partial charge is 0.479 e. The van der Waals surface area contributed by atoms with Crippen LogP contribution < -0.4 is 0 Å². The van der Waals surface area contributed by atoms with Gasteiger partial charge in [-0.1, -0.05) is 35.3 Å². The molecule has 1 atom stereocenters. The number of halogens is 2. The van der Waals surface area contributed by atoms with Gasteiger partial charge in [-0.15, -0.1) is 0 Å². The fourth-order valence-electron chi connectivity index (χ4n) is 3.43. The molecule has 152 valence electrons. The maximum atomic E-state index is 12.2. The number of carboxylic acid groups (broad SMARTS) is 1. The van der Waals surface area contributed by atoms with Crippen molar-refractivity contribution in [1.29, 1.82) is 0 Å². The first-order valence-electron chi connectivity index (χ1n) is 9.25. The van der Waals surface area contributed by atoms with Crippen molar-refractivity contribution < 1.29 is 14.6 Å². The van der Waals surface area contributed by atoms with Gasteiger partial charge in [-0.3, -0.25) is 4.98 Å². The smallest absolute Gasteiger partial charge is 0.337 e. The Balaban J connectivity index is 2.44.